The average Bonchev–Trinajstić information content (AvgIpc) is 3.55. The number of hydrogen-bond acceptors (Lipinski definition) is 4. The fourth-order valence-electron chi connectivity index (χ4n) is 4.99. The number of likely N-dealkylation sites (tertiary alicyclic amines) is 1. The molecule has 0 bridgehead atoms. The van der Waals surface area contributed by atoms with Crippen molar-refractivity contribution in [2.75, 3.05) is 13.1 Å². The Bertz CT molecular complexity index is 958. The van der Waals surface area contributed by atoms with E-state index in [2.05, 4.69) is 10.6 Å². The highest BCUT2D eigenvalue weighted by molar-refractivity contribution is 5.97. The van der Waals surface area contributed by atoms with Crippen LogP contribution in [0.4, 0.5) is 0 Å². The molecule has 0 radical (unpaired) electrons. The minimum absolute atomic E-state index is 0.0389. The molecule has 1 saturated heterocycles. The molecule has 1 saturated carbocycles. The molecule has 1 aliphatic heterocycles. The van der Waals surface area contributed by atoms with Crippen molar-refractivity contribution in [1.29, 1.82) is 0 Å². The van der Waals surface area contributed by atoms with Crippen LogP contribution in [-0.4, -0.2) is 41.8 Å². The van der Waals surface area contributed by atoms with E-state index in [4.69, 9.17) is 4.42 Å². The monoisotopic (exact) mass is 451 g/mol. The van der Waals surface area contributed by atoms with Gasteiger partial charge in [-0.3, -0.25) is 14.4 Å². The standard InChI is InChI=1S/C26H33N3O4/c1-18-6-4-9-21(16-18)24(30)28-23(25(31)27-17-22-10-5-15-33-22)19-11-13-29(14-12-19)26(32)20-7-2-3-8-20/h4-6,9-10,15-16,19-20,23H,2-3,7-8,11-14,17H2,1H3,(H,27,31)(H,28,30). The predicted molar refractivity (Wildman–Crippen MR) is 124 cm³/mol. The Morgan fingerprint density at radius 2 is 1.82 bits per heavy atom. The van der Waals surface area contributed by atoms with Crippen molar-refractivity contribution in [3.05, 3.63) is 59.5 Å². The Kier molecular flexibility index (Phi) is 7.47. The van der Waals surface area contributed by atoms with E-state index in [0.717, 1.165) is 31.2 Å². The molecular formula is C26H33N3O4. The third-order valence-corrected chi connectivity index (χ3v) is 6.89. The van der Waals surface area contributed by atoms with Crippen LogP contribution in [0.2, 0.25) is 0 Å². The number of piperidine rings is 1. The quantitative estimate of drug-likeness (QED) is 0.675. The van der Waals surface area contributed by atoms with Gasteiger partial charge >= 0.3 is 0 Å². The van der Waals surface area contributed by atoms with Crippen LogP contribution in [0, 0.1) is 18.8 Å². The average molecular weight is 452 g/mol. The molecule has 1 aromatic heterocycles. The van der Waals surface area contributed by atoms with Crippen LogP contribution in [-0.2, 0) is 16.1 Å². The lowest BCUT2D eigenvalue weighted by Crippen LogP contribution is -2.54. The van der Waals surface area contributed by atoms with Gasteiger partial charge in [-0.25, -0.2) is 0 Å². The van der Waals surface area contributed by atoms with Crippen LogP contribution in [0.5, 0.6) is 0 Å². The number of rotatable bonds is 7. The first-order valence-corrected chi connectivity index (χ1v) is 12.0. The molecule has 2 aromatic rings. The van der Waals surface area contributed by atoms with Crippen LogP contribution < -0.4 is 10.6 Å². The van der Waals surface area contributed by atoms with Gasteiger partial charge < -0.3 is 20.0 Å². The Morgan fingerprint density at radius 1 is 1.06 bits per heavy atom. The van der Waals surface area contributed by atoms with Gasteiger partial charge in [0.25, 0.3) is 5.91 Å². The van der Waals surface area contributed by atoms with Crippen molar-refractivity contribution in [2.24, 2.45) is 11.8 Å². The molecule has 1 unspecified atom stereocenters. The fraction of sp³-hybridized carbons (Fsp3) is 0.500. The minimum atomic E-state index is -0.670. The Morgan fingerprint density at radius 3 is 2.48 bits per heavy atom. The van der Waals surface area contributed by atoms with Gasteiger partial charge in [-0.05, 0) is 62.8 Å². The Hall–Kier alpha value is -3.09. The molecule has 4 rings (SSSR count). The summed E-state index contributed by atoms with van der Waals surface area (Å²) in [6.07, 6.45) is 7.18. The number of hydrogen-bond donors (Lipinski definition) is 2. The third kappa shape index (κ3) is 5.83. The number of aryl methyl sites for hydroxylation is 1. The van der Waals surface area contributed by atoms with Gasteiger partial charge in [0, 0.05) is 24.6 Å². The highest BCUT2D eigenvalue weighted by atomic mass is 16.3. The molecule has 2 fully saturated rings. The van der Waals surface area contributed by atoms with Crippen molar-refractivity contribution >= 4 is 17.7 Å². The van der Waals surface area contributed by atoms with Gasteiger partial charge in [-0.2, -0.15) is 0 Å². The van der Waals surface area contributed by atoms with Crippen molar-refractivity contribution < 1.29 is 18.8 Å². The second-order valence-electron chi connectivity index (χ2n) is 9.26. The number of amides is 3. The van der Waals surface area contributed by atoms with Crippen molar-refractivity contribution in [3.63, 3.8) is 0 Å². The summed E-state index contributed by atoms with van der Waals surface area (Å²) in [7, 11) is 0. The van der Waals surface area contributed by atoms with Gasteiger partial charge in [-0.15, -0.1) is 0 Å². The Labute approximate surface area is 194 Å². The van der Waals surface area contributed by atoms with Crippen molar-refractivity contribution in [3.8, 4) is 0 Å². The van der Waals surface area contributed by atoms with E-state index >= 15 is 0 Å². The highest BCUT2D eigenvalue weighted by Gasteiger charge is 2.36. The molecule has 7 nitrogen and oxygen atoms in total. The molecule has 2 aliphatic rings. The minimum Gasteiger partial charge on any atom is -0.467 e. The number of benzene rings is 1. The van der Waals surface area contributed by atoms with E-state index in [0.29, 0.717) is 37.3 Å². The van der Waals surface area contributed by atoms with E-state index in [9.17, 15) is 14.4 Å². The fourth-order valence-corrected chi connectivity index (χ4v) is 4.99. The summed E-state index contributed by atoms with van der Waals surface area (Å²) in [5, 5.41) is 5.88. The van der Waals surface area contributed by atoms with Crippen molar-refractivity contribution in [2.45, 2.75) is 58.0 Å². The molecule has 2 heterocycles. The molecule has 3 amide bonds. The molecule has 33 heavy (non-hydrogen) atoms. The normalized spacial score (nSPS) is 18.2. The van der Waals surface area contributed by atoms with E-state index in [1.807, 2.05) is 30.0 Å². The van der Waals surface area contributed by atoms with E-state index in [1.165, 1.54) is 0 Å². The number of carbonyl (C=O) groups excluding carboxylic acids is 3. The largest absolute Gasteiger partial charge is 0.467 e. The first-order chi connectivity index (χ1) is 16.0. The topological polar surface area (TPSA) is 91.7 Å². The third-order valence-electron chi connectivity index (χ3n) is 6.89. The van der Waals surface area contributed by atoms with Gasteiger partial charge in [0.05, 0.1) is 12.8 Å². The van der Waals surface area contributed by atoms with Crippen LogP contribution in [0.1, 0.15) is 60.2 Å². The molecule has 0 spiro atoms. The maximum Gasteiger partial charge on any atom is 0.251 e. The van der Waals surface area contributed by atoms with Crippen LogP contribution in [0.25, 0.3) is 0 Å². The summed E-state index contributed by atoms with van der Waals surface area (Å²) in [5.41, 5.74) is 1.52. The first kappa shape index (κ1) is 23.1. The summed E-state index contributed by atoms with van der Waals surface area (Å²) in [4.78, 5) is 40.9. The predicted octanol–water partition coefficient (Wildman–Crippen LogP) is 3.43. The maximum absolute atomic E-state index is 13.1. The lowest BCUT2D eigenvalue weighted by Gasteiger charge is -2.36. The molecule has 1 atom stereocenters. The molecule has 7 heteroatoms. The number of nitrogens with zero attached hydrogens (tertiary/aromatic N) is 1. The van der Waals surface area contributed by atoms with Gasteiger partial charge in [0.2, 0.25) is 11.8 Å². The summed E-state index contributed by atoms with van der Waals surface area (Å²) >= 11 is 0. The zero-order valence-corrected chi connectivity index (χ0v) is 19.2. The lowest BCUT2D eigenvalue weighted by molar-refractivity contribution is -0.137. The first-order valence-electron chi connectivity index (χ1n) is 12.0. The molecule has 1 aliphatic carbocycles. The van der Waals surface area contributed by atoms with Crippen LogP contribution >= 0.6 is 0 Å². The second kappa shape index (κ2) is 10.7. The smallest absolute Gasteiger partial charge is 0.251 e. The summed E-state index contributed by atoms with van der Waals surface area (Å²) in [5.74, 6) is 0.546. The highest BCUT2D eigenvalue weighted by Crippen LogP contribution is 2.29. The van der Waals surface area contributed by atoms with Gasteiger partial charge in [0.15, 0.2) is 0 Å². The van der Waals surface area contributed by atoms with E-state index in [1.54, 1.807) is 24.5 Å². The molecule has 1 aromatic carbocycles. The number of furan rings is 1. The maximum atomic E-state index is 13.1. The van der Waals surface area contributed by atoms with Crippen LogP contribution in [0.15, 0.2) is 47.1 Å². The second-order valence-corrected chi connectivity index (χ2v) is 9.26. The van der Waals surface area contributed by atoms with Crippen LogP contribution in [0.3, 0.4) is 0 Å². The van der Waals surface area contributed by atoms with E-state index in [-0.39, 0.29) is 36.1 Å². The zero-order chi connectivity index (χ0) is 23.2. The zero-order valence-electron chi connectivity index (χ0n) is 19.2. The molecule has 2 N–H and O–H groups in total. The SMILES string of the molecule is Cc1cccc(C(=O)NC(C(=O)NCc2ccco2)C2CCN(C(=O)C3CCCC3)CC2)c1. The van der Waals surface area contributed by atoms with Gasteiger partial charge in [-0.1, -0.05) is 30.5 Å². The van der Waals surface area contributed by atoms with Gasteiger partial charge in [0.1, 0.15) is 11.8 Å². The summed E-state index contributed by atoms with van der Waals surface area (Å²) in [6, 6.07) is 10.2. The number of carbonyl (C=O) groups is 3. The molecule has 176 valence electrons. The number of nitrogens with one attached hydrogen (secondary N) is 2. The lowest BCUT2D eigenvalue weighted by atomic mass is 9.87. The molecular weight excluding hydrogens is 418 g/mol. The van der Waals surface area contributed by atoms with E-state index < -0.39 is 6.04 Å². The Balaban J connectivity index is 1.42. The summed E-state index contributed by atoms with van der Waals surface area (Å²) in [6.45, 7) is 3.45. The summed E-state index contributed by atoms with van der Waals surface area (Å²) < 4.78 is 5.32. The van der Waals surface area contributed by atoms with Crippen molar-refractivity contribution in [1.82, 2.24) is 15.5 Å².